The lowest BCUT2D eigenvalue weighted by Crippen LogP contribution is -2.18. The molecule has 1 unspecified atom stereocenters. The first-order chi connectivity index (χ1) is 9.67. The van der Waals surface area contributed by atoms with Gasteiger partial charge in [0.2, 0.25) is 0 Å². The zero-order valence-electron chi connectivity index (χ0n) is 11.7. The summed E-state index contributed by atoms with van der Waals surface area (Å²) in [4.78, 5) is 15.1. The number of imidazole rings is 1. The molecule has 5 nitrogen and oxygen atoms in total. The van der Waals surface area contributed by atoms with E-state index >= 15 is 0 Å². The van der Waals surface area contributed by atoms with Crippen molar-refractivity contribution in [1.29, 1.82) is 0 Å². The van der Waals surface area contributed by atoms with E-state index in [0.29, 0.717) is 5.92 Å². The van der Waals surface area contributed by atoms with Crippen molar-refractivity contribution in [2.45, 2.75) is 25.3 Å². The topological polar surface area (TPSA) is 64.3 Å². The standard InChI is InChI=1S/C15H16N2O3.ClH/c1-20-12-4-2-3-10(7-12)11-5-6-14-16-13(15(18)19)9-17(14)8-11;/h2-4,7,9,11H,5-6,8H2,1H3,(H,18,19);1H. The van der Waals surface area contributed by atoms with E-state index in [-0.39, 0.29) is 18.1 Å². The van der Waals surface area contributed by atoms with E-state index in [1.54, 1.807) is 13.3 Å². The number of fused-ring (bicyclic) bond motifs is 1. The number of carbonyl (C=O) groups is 1. The van der Waals surface area contributed by atoms with Gasteiger partial charge >= 0.3 is 5.97 Å². The number of ether oxygens (including phenoxy) is 1. The van der Waals surface area contributed by atoms with Crippen LogP contribution in [-0.2, 0) is 13.0 Å². The Labute approximate surface area is 129 Å². The summed E-state index contributed by atoms with van der Waals surface area (Å²) in [5.41, 5.74) is 1.35. The van der Waals surface area contributed by atoms with Crippen LogP contribution in [-0.4, -0.2) is 27.7 Å². The number of aromatic nitrogens is 2. The highest BCUT2D eigenvalue weighted by Gasteiger charge is 2.23. The Hall–Kier alpha value is -2.01. The molecule has 1 aliphatic heterocycles. The van der Waals surface area contributed by atoms with Gasteiger partial charge in [0.05, 0.1) is 7.11 Å². The number of hydrogen-bond acceptors (Lipinski definition) is 3. The van der Waals surface area contributed by atoms with Gasteiger partial charge in [0.15, 0.2) is 5.69 Å². The van der Waals surface area contributed by atoms with Gasteiger partial charge < -0.3 is 14.4 Å². The smallest absolute Gasteiger partial charge is 0.356 e. The SMILES string of the molecule is COc1cccc(C2CCc3nc(C(=O)O)cn3C2)c1.Cl. The first-order valence-corrected chi connectivity index (χ1v) is 6.60. The number of aryl methyl sites for hydroxylation is 1. The van der Waals surface area contributed by atoms with Gasteiger partial charge in [0, 0.05) is 25.1 Å². The molecule has 1 atom stereocenters. The third-order valence-corrected chi connectivity index (χ3v) is 3.78. The van der Waals surface area contributed by atoms with E-state index in [1.165, 1.54) is 5.56 Å². The molecule has 3 rings (SSSR count). The number of benzene rings is 1. The Morgan fingerprint density at radius 3 is 3.00 bits per heavy atom. The fourth-order valence-corrected chi connectivity index (χ4v) is 2.71. The highest BCUT2D eigenvalue weighted by molar-refractivity contribution is 5.85. The molecule has 112 valence electrons. The van der Waals surface area contributed by atoms with Gasteiger partial charge in [0.25, 0.3) is 0 Å². The molecular formula is C15H17ClN2O3. The minimum Gasteiger partial charge on any atom is -0.497 e. The molecular weight excluding hydrogens is 292 g/mol. The summed E-state index contributed by atoms with van der Waals surface area (Å²) in [6, 6.07) is 8.05. The van der Waals surface area contributed by atoms with Crippen molar-refractivity contribution in [3.05, 3.63) is 47.5 Å². The largest absolute Gasteiger partial charge is 0.497 e. The number of nitrogens with zero attached hydrogens (tertiary/aromatic N) is 2. The predicted octanol–water partition coefficient (Wildman–Crippen LogP) is 2.74. The Morgan fingerprint density at radius 2 is 2.29 bits per heavy atom. The second-order valence-electron chi connectivity index (χ2n) is 5.01. The Morgan fingerprint density at radius 1 is 1.48 bits per heavy atom. The minimum absolute atomic E-state index is 0. The minimum atomic E-state index is -0.968. The van der Waals surface area contributed by atoms with E-state index in [0.717, 1.165) is 31.0 Å². The average Bonchev–Trinajstić information content (AvgIpc) is 2.90. The zero-order valence-corrected chi connectivity index (χ0v) is 12.5. The Kier molecular flexibility index (Phi) is 4.53. The number of carboxylic acids is 1. The quantitative estimate of drug-likeness (QED) is 0.947. The molecule has 0 spiro atoms. The molecule has 6 heteroatoms. The highest BCUT2D eigenvalue weighted by Crippen LogP contribution is 2.30. The van der Waals surface area contributed by atoms with Crippen LogP contribution in [0.3, 0.4) is 0 Å². The van der Waals surface area contributed by atoms with Crippen LogP contribution in [0.15, 0.2) is 30.5 Å². The lowest BCUT2D eigenvalue weighted by atomic mass is 9.91. The molecule has 2 heterocycles. The van der Waals surface area contributed by atoms with Gasteiger partial charge in [-0.3, -0.25) is 0 Å². The van der Waals surface area contributed by atoms with Gasteiger partial charge in [-0.15, -0.1) is 12.4 Å². The van der Waals surface area contributed by atoms with E-state index in [4.69, 9.17) is 9.84 Å². The maximum absolute atomic E-state index is 11.0. The van der Waals surface area contributed by atoms with Gasteiger partial charge in [-0.1, -0.05) is 12.1 Å². The maximum Gasteiger partial charge on any atom is 0.356 e. The van der Waals surface area contributed by atoms with Gasteiger partial charge in [-0.05, 0) is 24.1 Å². The van der Waals surface area contributed by atoms with Crippen LogP contribution in [0.4, 0.5) is 0 Å². The molecule has 0 saturated heterocycles. The molecule has 21 heavy (non-hydrogen) atoms. The second kappa shape index (κ2) is 6.18. The van der Waals surface area contributed by atoms with E-state index in [9.17, 15) is 4.79 Å². The number of methoxy groups -OCH3 is 1. The molecule has 0 saturated carbocycles. The first kappa shape index (κ1) is 15.4. The molecule has 0 radical (unpaired) electrons. The summed E-state index contributed by atoms with van der Waals surface area (Å²) in [5.74, 6) is 1.12. The fraction of sp³-hybridized carbons (Fsp3) is 0.333. The first-order valence-electron chi connectivity index (χ1n) is 6.60. The summed E-state index contributed by atoms with van der Waals surface area (Å²) in [6.45, 7) is 0.767. The Balaban J connectivity index is 0.00000161. The van der Waals surface area contributed by atoms with Crippen molar-refractivity contribution in [2.75, 3.05) is 7.11 Å². The molecule has 0 amide bonds. The average molecular weight is 309 g/mol. The van der Waals surface area contributed by atoms with E-state index < -0.39 is 5.97 Å². The summed E-state index contributed by atoms with van der Waals surface area (Å²) in [5, 5.41) is 8.99. The maximum atomic E-state index is 11.0. The van der Waals surface area contributed by atoms with Crippen LogP contribution in [0.2, 0.25) is 0 Å². The number of halogens is 1. The lowest BCUT2D eigenvalue weighted by molar-refractivity contribution is 0.0691. The van der Waals surface area contributed by atoms with Crippen molar-refractivity contribution in [3.63, 3.8) is 0 Å². The van der Waals surface area contributed by atoms with Crippen LogP contribution < -0.4 is 4.74 Å². The van der Waals surface area contributed by atoms with Crippen LogP contribution in [0, 0.1) is 0 Å². The van der Waals surface area contributed by atoms with E-state index in [2.05, 4.69) is 11.1 Å². The van der Waals surface area contributed by atoms with Crippen molar-refractivity contribution in [2.24, 2.45) is 0 Å². The van der Waals surface area contributed by atoms with Crippen molar-refractivity contribution < 1.29 is 14.6 Å². The van der Waals surface area contributed by atoms with Crippen LogP contribution in [0.25, 0.3) is 0 Å². The number of carboxylic acid groups (broad SMARTS) is 1. The fourth-order valence-electron chi connectivity index (χ4n) is 2.71. The molecule has 1 aromatic heterocycles. The van der Waals surface area contributed by atoms with Crippen LogP contribution >= 0.6 is 12.4 Å². The van der Waals surface area contributed by atoms with Crippen LogP contribution in [0.1, 0.15) is 34.2 Å². The highest BCUT2D eigenvalue weighted by atomic mass is 35.5. The summed E-state index contributed by atoms with van der Waals surface area (Å²) < 4.78 is 7.21. The van der Waals surface area contributed by atoms with E-state index in [1.807, 2.05) is 22.8 Å². The molecule has 2 aromatic rings. The van der Waals surface area contributed by atoms with Gasteiger partial charge in [-0.25, -0.2) is 9.78 Å². The van der Waals surface area contributed by atoms with Crippen LogP contribution in [0.5, 0.6) is 5.75 Å². The third kappa shape index (κ3) is 3.03. The molecule has 1 N–H and O–H groups in total. The molecule has 0 aliphatic carbocycles. The zero-order chi connectivity index (χ0) is 14.1. The summed E-state index contributed by atoms with van der Waals surface area (Å²) in [7, 11) is 1.66. The normalized spacial score (nSPS) is 16.7. The van der Waals surface area contributed by atoms with Gasteiger partial charge in [-0.2, -0.15) is 0 Å². The number of aromatic carboxylic acids is 1. The lowest BCUT2D eigenvalue weighted by Gasteiger charge is -2.24. The molecule has 1 aromatic carbocycles. The molecule has 1 aliphatic rings. The van der Waals surface area contributed by atoms with Crippen molar-refractivity contribution >= 4 is 18.4 Å². The summed E-state index contributed by atoms with van der Waals surface area (Å²) >= 11 is 0. The summed E-state index contributed by atoms with van der Waals surface area (Å²) in [6.07, 6.45) is 3.41. The third-order valence-electron chi connectivity index (χ3n) is 3.78. The monoisotopic (exact) mass is 308 g/mol. The Bertz CT molecular complexity index is 654. The molecule has 0 bridgehead atoms. The predicted molar refractivity (Wildman–Crippen MR) is 80.5 cm³/mol. The number of rotatable bonds is 3. The van der Waals surface area contributed by atoms with Crippen molar-refractivity contribution in [3.8, 4) is 5.75 Å². The second-order valence-corrected chi connectivity index (χ2v) is 5.01. The van der Waals surface area contributed by atoms with Crippen molar-refractivity contribution in [1.82, 2.24) is 9.55 Å². The number of hydrogen-bond donors (Lipinski definition) is 1. The van der Waals surface area contributed by atoms with Gasteiger partial charge in [0.1, 0.15) is 11.6 Å². The molecule has 0 fully saturated rings.